The maximum atomic E-state index is 13.8. The Morgan fingerprint density at radius 3 is 1.83 bits per heavy atom. The van der Waals surface area contributed by atoms with Crippen molar-refractivity contribution in [2.45, 2.75) is 216 Å². The van der Waals surface area contributed by atoms with Crippen molar-refractivity contribution in [2.75, 3.05) is 46.8 Å². The number of carboxylic acid groups (broad SMARTS) is 2. The third-order valence-electron chi connectivity index (χ3n) is 20.3. The fourth-order valence-electron chi connectivity index (χ4n) is 15.4. The fourth-order valence-corrected chi connectivity index (χ4v) is 15.4. The van der Waals surface area contributed by atoms with Gasteiger partial charge in [-0.15, -0.1) is 0 Å². The smallest absolute Gasteiger partial charge is 0.481 e. The summed E-state index contributed by atoms with van der Waals surface area (Å²) in [5.41, 5.74) is -1.72. The predicted octanol–water partition coefficient (Wildman–Crippen LogP) is -1.11. The number of aldehydes is 1. The Balaban J connectivity index is 0.000000946. The molecule has 27 heteroatoms. The van der Waals surface area contributed by atoms with Gasteiger partial charge in [-0.3, -0.25) is 4.79 Å². The third kappa shape index (κ3) is 14.4. The van der Waals surface area contributed by atoms with E-state index < -0.39 is 146 Å². The van der Waals surface area contributed by atoms with Gasteiger partial charge in [0, 0.05) is 13.7 Å². The second-order valence-corrected chi connectivity index (χ2v) is 25.2. The second-order valence-electron chi connectivity index (χ2n) is 25.2. The Kier molecular flexibility index (Phi) is 27.7. The van der Waals surface area contributed by atoms with Gasteiger partial charge >= 0.3 is 31.4 Å². The van der Waals surface area contributed by atoms with Crippen LogP contribution >= 0.6 is 13.5 Å². The van der Waals surface area contributed by atoms with Crippen LogP contribution in [-0.4, -0.2) is 246 Å². The molecule has 0 aromatic heterocycles. The molecule has 4 saturated heterocycles. The summed E-state index contributed by atoms with van der Waals surface area (Å²) in [6.45, 7) is 12.4. The number of ether oxygens (including phenoxy) is 7. The monoisotopic (exact) mass is 1300 g/mol. The predicted molar refractivity (Wildman–Crippen MR) is 292 cm³/mol. The van der Waals surface area contributed by atoms with Gasteiger partial charge in [0.2, 0.25) is 0 Å². The van der Waals surface area contributed by atoms with Gasteiger partial charge in [0.25, 0.3) is 0 Å². The summed E-state index contributed by atoms with van der Waals surface area (Å²) in [4.78, 5) is 39.7. The van der Waals surface area contributed by atoms with Gasteiger partial charge in [-0.05, 0) is 110 Å². The molecule has 9 rings (SSSR count). The number of aliphatic carboxylic acids is 2. The van der Waals surface area contributed by atoms with E-state index in [1.54, 1.807) is 6.92 Å². The van der Waals surface area contributed by atoms with Gasteiger partial charge in [0.05, 0.1) is 56.1 Å². The van der Waals surface area contributed by atoms with E-state index in [9.17, 15) is 65.4 Å². The number of aliphatic hydroxyl groups is 13. The maximum Gasteiger partial charge on any atom is 1.00 e. The molecule has 4 saturated carbocycles. The van der Waals surface area contributed by atoms with E-state index >= 15 is 0 Å². The normalized spacial score (nSPS) is 46.8. The number of carbonyl (C=O) groups excluding carboxylic acids is 1. The summed E-state index contributed by atoms with van der Waals surface area (Å²) < 4.78 is 40.8. The molecule has 0 amide bonds. The number of carbonyl (C=O) groups is 3. The topological polar surface area (TPSA) is 419 Å². The van der Waals surface area contributed by atoms with Gasteiger partial charge < -0.3 is 122 Å². The molecule has 15 N–H and O–H groups in total. The molecule has 1 unspecified atom stereocenters. The van der Waals surface area contributed by atoms with Gasteiger partial charge in [0.1, 0.15) is 73.4 Å². The average molecular weight is 1300 g/mol. The molecule has 5 aliphatic carbocycles. The van der Waals surface area contributed by atoms with E-state index in [0.29, 0.717) is 45.1 Å². The number of allylic oxidation sites excluding steroid dienone is 2. The van der Waals surface area contributed by atoms with Crippen LogP contribution in [0.3, 0.4) is 0 Å². The van der Waals surface area contributed by atoms with Crippen LogP contribution in [0.25, 0.3) is 0 Å². The number of hydrogen-bond acceptors (Lipinski definition) is 23. The first kappa shape index (κ1) is 75.8. The Morgan fingerprint density at radius 1 is 0.663 bits per heavy atom. The average Bonchev–Trinajstić information content (AvgIpc) is 1.08. The molecule has 25 nitrogen and oxygen atoms in total. The molecule has 4 aliphatic heterocycles. The van der Waals surface area contributed by atoms with E-state index in [-0.39, 0.29) is 101 Å². The summed E-state index contributed by atoms with van der Waals surface area (Å²) in [5, 5.41) is 146. The van der Waals surface area contributed by atoms with E-state index in [0.717, 1.165) is 39.1 Å². The molecule has 83 heavy (non-hydrogen) atoms. The van der Waals surface area contributed by atoms with Crippen LogP contribution in [0.15, 0.2) is 11.6 Å². The Morgan fingerprint density at radius 2 is 1.28 bits per heavy atom. The zero-order valence-electron chi connectivity index (χ0n) is 48.9. The van der Waals surface area contributed by atoms with Crippen LogP contribution in [0.2, 0.25) is 0 Å². The summed E-state index contributed by atoms with van der Waals surface area (Å²) in [5.74, 6) is -2.62. The molecule has 0 spiro atoms. The van der Waals surface area contributed by atoms with Crippen molar-refractivity contribution < 1.29 is 144 Å². The zero-order chi connectivity index (χ0) is 59.7. The number of carboxylic acids is 2. The molecular weight excluding hydrogens is 1210 g/mol. The number of fused-ring (bicyclic) bond motifs is 7. The Bertz CT molecular complexity index is 2100. The number of hydrogen-bond donors (Lipinski definition) is 15. The molecule has 0 bridgehead atoms. The van der Waals surface area contributed by atoms with E-state index in [4.69, 9.17) is 58.7 Å². The SMILES string of the molecule is CC1(C)CC[C@]2(C(=O)O)CC[C@]3(C)C(=CC[C@@H]4[C@@]5(C)CC[C@H](O[C@@H]6O[C@H](C(=O)O)[C@@H](O)C(O[C@@H]7OC[C@@H](O)[C@H](O)[C@H]7O)[C@H]6O[C@@H]6O[C@H](CO)[C@H](O)[C@H](O)[C@H]6O)[C@@](C)(C=O)[C@@H]5CC[C@]43C)[C@@H]2C1.CO.OCCO.O[C@@H]1CCOC[C@H]1O.S.[CH3-].[Ru+]. The molecule has 8 fully saturated rings. The fraction of sp³-hybridized carbons (Fsp3) is 0.893. The second kappa shape index (κ2) is 30.4. The molecule has 4 heterocycles. The van der Waals surface area contributed by atoms with E-state index in [1.165, 1.54) is 5.57 Å². The minimum atomic E-state index is -2.12. The molecule has 0 aromatic rings. The first-order chi connectivity index (χ1) is 37.6. The van der Waals surface area contributed by atoms with Crippen LogP contribution in [0, 0.1) is 57.7 Å². The van der Waals surface area contributed by atoms with Crippen LogP contribution in [-0.2, 0) is 67.0 Å². The van der Waals surface area contributed by atoms with Crippen LogP contribution < -0.4 is 0 Å². The first-order valence-corrected chi connectivity index (χ1v) is 28.1. The molecule has 1 radical (unpaired) electrons. The van der Waals surface area contributed by atoms with Crippen molar-refractivity contribution in [3.05, 3.63) is 19.1 Å². The third-order valence-corrected chi connectivity index (χ3v) is 20.3. The Labute approximate surface area is 505 Å². The van der Waals surface area contributed by atoms with Crippen LogP contribution in [0.4, 0.5) is 0 Å². The van der Waals surface area contributed by atoms with Gasteiger partial charge in [-0.25, -0.2) is 4.79 Å². The van der Waals surface area contributed by atoms with E-state index in [1.807, 2.05) is 0 Å². The standard InChI is InChI=1S/C47H72O19.C5H10O3.C2H6O2.CH4O.CH3.Ru.H2S/c1-42(2)13-15-47(41(59)60)16-14-45(5)21(22(47)17-42)7-8-26-43(3)11-10-27(44(4,20-49)25(43)9-12-46(26,45)6)63-40-36(66-39-32(55)30(53)29(52)24(18-48)62-39)34(33(56)35(65-40)37(57)58)64-38-31(54)28(51)23(50)19-61-38;6-4-1-2-8-3-5(4)7;3-1-2-4;1-2;;;/h7,20,22-36,38-40,48,50-56H,8-19H2,1-6H3,(H,57,58)(H,59,60);4-7H,1-3H2;3-4H,1-2H2;2H,1H3;1H3;;1H2/q;;;;-1;+1;/t22-,23+,24+,25+,26+,27-,28-,29-,30-,31+,32+,33-,34?,35-,36+,38-,39-,40+,43-,44-,45+,46+,47-;4-,5-;;;;;/m01...../s1. The molecule has 9 aliphatic rings. The summed E-state index contributed by atoms with van der Waals surface area (Å²) in [6.07, 6.45) is -17.6. The molecule has 25 atom stereocenters. The van der Waals surface area contributed by atoms with Crippen LogP contribution in [0.5, 0.6) is 0 Å². The van der Waals surface area contributed by atoms with Gasteiger partial charge in [-0.2, -0.15) is 13.5 Å². The molecule has 0 aromatic carbocycles. The molecule has 485 valence electrons. The number of aliphatic hydroxyl groups excluding tert-OH is 13. The first-order valence-electron chi connectivity index (χ1n) is 28.1. The van der Waals surface area contributed by atoms with Crippen LogP contribution in [0.1, 0.15) is 112 Å². The summed E-state index contributed by atoms with van der Waals surface area (Å²) in [7, 11) is 1.00. The van der Waals surface area contributed by atoms with Gasteiger partial charge in [-0.1, -0.05) is 53.2 Å². The van der Waals surface area contributed by atoms with E-state index in [2.05, 4.69) is 40.7 Å². The van der Waals surface area contributed by atoms with Crippen molar-refractivity contribution in [1.82, 2.24) is 0 Å². The van der Waals surface area contributed by atoms with Crippen molar-refractivity contribution in [3.63, 3.8) is 0 Å². The number of rotatable bonds is 11. The maximum absolute atomic E-state index is 13.8. The summed E-state index contributed by atoms with van der Waals surface area (Å²) >= 11 is 0. The summed E-state index contributed by atoms with van der Waals surface area (Å²) in [6, 6.07) is 0. The van der Waals surface area contributed by atoms with Crippen molar-refractivity contribution in [1.29, 1.82) is 0 Å². The minimum Gasteiger partial charge on any atom is -0.481 e. The minimum absolute atomic E-state index is 0. The largest absolute Gasteiger partial charge is 1.00 e. The zero-order valence-corrected chi connectivity index (χ0v) is 51.6. The quantitative estimate of drug-likeness (QED) is 0.0383. The van der Waals surface area contributed by atoms with Crippen molar-refractivity contribution in [3.8, 4) is 0 Å². The van der Waals surface area contributed by atoms with Crippen molar-refractivity contribution >= 4 is 31.7 Å². The van der Waals surface area contributed by atoms with Crippen molar-refractivity contribution in [2.24, 2.45) is 50.2 Å². The molecular formula is C56H97O25RuS. The Hall–Kier alpha value is -1.48. The van der Waals surface area contributed by atoms with Gasteiger partial charge in [0.15, 0.2) is 25.0 Å².